The molecule has 78 valence electrons. The number of nitrogens with zero attached hydrogens (tertiary/aromatic N) is 1. The fourth-order valence-electron chi connectivity index (χ4n) is 1.42. The van der Waals surface area contributed by atoms with Crippen molar-refractivity contribution >= 4 is 48.9 Å². The maximum absolute atomic E-state index is 10.7. The van der Waals surface area contributed by atoms with E-state index < -0.39 is 5.97 Å². The Morgan fingerprint density at radius 2 is 2.20 bits per heavy atom. The molecule has 0 radical (unpaired) electrons. The Morgan fingerprint density at radius 3 is 2.87 bits per heavy atom. The molecule has 1 aromatic heterocycles. The minimum atomic E-state index is -0.867. The molecule has 15 heavy (non-hydrogen) atoms. The number of nitrogens with one attached hydrogen (secondary N) is 1. The maximum Gasteiger partial charge on any atom is 0.307 e. The second kappa shape index (κ2) is 3.94. The third-order valence-electron chi connectivity index (χ3n) is 1.94. The average Bonchev–Trinajstić information content (AvgIpc) is 2.44. The predicted octanol–water partition coefficient (Wildman–Crippen LogP) is 2.72. The van der Waals surface area contributed by atoms with E-state index in [1.165, 1.54) is 0 Å². The van der Waals surface area contributed by atoms with Gasteiger partial charge in [0.05, 0.1) is 17.5 Å². The molecule has 0 atom stereocenters. The van der Waals surface area contributed by atoms with Crippen molar-refractivity contribution in [3.05, 3.63) is 26.9 Å². The van der Waals surface area contributed by atoms with Crippen molar-refractivity contribution in [1.29, 1.82) is 0 Å². The highest BCUT2D eigenvalue weighted by molar-refractivity contribution is 9.10. The molecule has 6 heteroatoms. The summed E-state index contributed by atoms with van der Waals surface area (Å²) in [5.41, 5.74) is 2.19. The zero-order valence-electron chi connectivity index (χ0n) is 7.42. The number of rotatable bonds is 2. The summed E-state index contributed by atoms with van der Waals surface area (Å²) in [7, 11) is 0. The molecule has 2 N–H and O–H groups in total. The van der Waals surface area contributed by atoms with E-state index in [0.29, 0.717) is 15.8 Å². The quantitative estimate of drug-likeness (QED) is 0.888. The van der Waals surface area contributed by atoms with Crippen LogP contribution in [0.1, 0.15) is 5.56 Å². The van der Waals surface area contributed by atoms with Gasteiger partial charge in [0.1, 0.15) is 0 Å². The molecule has 1 heterocycles. The number of carboxylic acid groups (broad SMARTS) is 1. The largest absolute Gasteiger partial charge is 0.481 e. The van der Waals surface area contributed by atoms with E-state index in [0.717, 1.165) is 9.99 Å². The highest BCUT2D eigenvalue weighted by Crippen LogP contribution is 2.24. The number of H-pyrrole nitrogens is 1. The third-order valence-corrected chi connectivity index (χ3v) is 2.78. The molecular formula is C9H6Br2N2O2. The van der Waals surface area contributed by atoms with E-state index in [2.05, 4.69) is 41.8 Å². The van der Waals surface area contributed by atoms with Gasteiger partial charge in [0.15, 0.2) is 4.73 Å². The number of aromatic amines is 1. The van der Waals surface area contributed by atoms with Crippen LogP contribution in [-0.2, 0) is 11.2 Å². The van der Waals surface area contributed by atoms with Gasteiger partial charge < -0.3 is 10.1 Å². The number of hydrogen-bond acceptors (Lipinski definition) is 2. The minimum Gasteiger partial charge on any atom is -0.481 e. The molecule has 0 amide bonds. The number of carboxylic acids is 1. The van der Waals surface area contributed by atoms with Crippen molar-refractivity contribution in [3.8, 4) is 0 Å². The van der Waals surface area contributed by atoms with Crippen molar-refractivity contribution in [2.45, 2.75) is 6.42 Å². The first kappa shape index (κ1) is 10.6. The van der Waals surface area contributed by atoms with Crippen LogP contribution in [0.3, 0.4) is 0 Å². The third kappa shape index (κ3) is 2.21. The molecule has 0 unspecified atom stereocenters. The van der Waals surface area contributed by atoms with Gasteiger partial charge in [-0.1, -0.05) is 15.9 Å². The Hall–Kier alpha value is -0.880. The fourth-order valence-corrected chi connectivity index (χ4v) is 2.31. The number of fused-ring (bicyclic) bond motifs is 1. The lowest BCUT2D eigenvalue weighted by Gasteiger charge is -1.99. The first-order valence-electron chi connectivity index (χ1n) is 4.11. The summed E-state index contributed by atoms with van der Waals surface area (Å²) in [4.78, 5) is 17.8. The fraction of sp³-hybridized carbons (Fsp3) is 0.111. The van der Waals surface area contributed by atoms with Gasteiger partial charge in [-0.25, -0.2) is 4.98 Å². The molecule has 4 nitrogen and oxygen atoms in total. The molecular weight excluding hydrogens is 328 g/mol. The topological polar surface area (TPSA) is 66.0 Å². The van der Waals surface area contributed by atoms with Gasteiger partial charge in [-0.05, 0) is 33.6 Å². The Balaban J connectivity index is 2.64. The number of hydrogen-bond donors (Lipinski definition) is 2. The Labute approximate surface area is 102 Å². The number of carbonyl (C=O) groups is 1. The molecule has 0 saturated carbocycles. The first-order chi connectivity index (χ1) is 7.06. The number of aliphatic carboxylic acids is 1. The van der Waals surface area contributed by atoms with Crippen LogP contribution in [0, 0.1) is 0 Å². The predicted molar refractivity (Wildman–Crippen MR) is 62.8 cm³/mol. The Kier molecular flexibility index (Phi) is 2.79. The number of halogens is 2. The lowest BCUT2D eigenvalue weighted by molar-refractivity contribution is -0.136. The zero-order valence-corrected chi connectivity index (χ0v) is 10.6. The highest BCUT2D eigenvalue weighted by atomic mass is 79.9. The van der Waals surface area contributed by atoms with Gasteiger partial charge in [0.2, 0.25) is 0 Å². The number of benzene rings is 1. The molecule has 1 aromatic carbocycles. The molecule has 2 aromatic rings. The van der Waals surface area contributed by atoms with Crippen LogP contribution in [0.2, 0.25) is 0 Å². The van der Waals surface area contributed by atoms with E-state index in [1.807, 2.05) is 6.07 Å². The molecule has 0 aliphatic heterocycles. The van der Waals surface area contributed by atoms with Crippen molar-refractivity contribution in [2.24, 2.45) is 0 Å². The summed E-state index contributed by atoms with van der Waals surface area (Å²) in [6.45, 7) is 0. The standard InChI is InChI=1S/C9H6Br2N2O2/c10-5-1-4(2-7(14)15)8-6(3-5)12-9(11)13-8/h1,3H,2H2,(H,12,13)(H,14,15). The van der Waals surface area contributed by atoms with E-state index >= 15 is 0 Å². The molecule has 0 saturated heterocycles. The summed E-state index contributed by atoms with van der Waals surface area (Å²) in [5.74, 6) is -0.867. The lowest BCUT2D eigenvalue weighted by Crippen LogP contribution is -2.00. The normalized spacial score (nSPS) is 10.8. The Morgan fingerprint density at radius 1 is 1.47 bits per heavy atom. The molecule has 0 aliphatic carbocycles. The molecule has 0 aliphatic rings. The first-order valence-corrected chi connectivity index (χ1v) is 5.70. The number of aromatic nitrogens is 2. The van der Waals surface area contributed by atoms with Gasteiger partial charge >= 0.3 is 5.97 Å². The summed E-state index contributed by atoms with van der Waals surface area (Å²) >= 11 is 6.55. The second-order valence-corrected chi connectivity index (χ2v) is 4.73. The average molecular weight is 334 g/mol. The van der Waals surface area contributed by atoms with Gasteiger partial charge in [-0.3, -0.25) is 4.79 Å². The van der Waals surface area contributed by atoms with E-state index in [4.69, 9.17) is 5.11 Å². The maximum atomic E-state index is 10.7. The number of imidazole rings is 1. The SMILES string of the molecule is O=C(O)Cc1cc(Br)cc2[nH]c(Br)nc12. The Bertz CT molecular complexity index is 536. The van der Waals surface area contributed by atoms with Crippen LogP contribution < -0.4 is 0 Å². The summed E-state index contributed by atoms with van der Waals surface area (Å²) in [6.07, 6.45) is -0.0345. The minimum absolute atomic E-state index is 0.0345. The highest BCUT2D eigenvalue weighted by Gasteiger charge is 2.10. The smallest absolute Gasteiger partial charge is 0.307 e. The zero-order chi connectivity index (χ0) is 11.0. The summed E-state index contributed by atoms with van der Waals surface area (Å²) < 4.78 is 1.43. The van der Waals surface area contributed by atoms with Gasteiger partial charge in [-0.15, -0.1) is 0 Å². The van der Waals surface area contributed by atoms with Crippen LogP contribution in [0.25, 0.3) is 11.0 Å². The van der Waals surface area contributed by atoms with Gasteiger partial charge in [0.25, 0.3) is 0 Å². The second-order valence-electron chi connectivity index (χ2n) is 3.06. The van der Waals surface area contributed by atoms with Crippen LogP contribution >= 0.6 is 31.9 Å². The molecule has 0 bridgehead atoms. The van der Waals surface area contributed by atoms with E-state index in [1.54, 1.807) is 6.07 Å². The van der Waals surface area contributed by atoms with E-state index in [9.17, 15) is 4.79 Å². The monoisotopic (exact) mass is 332 g/mol. The molecule has 0 spiro atoms. The van der Waals surface area contributed by atoms with Crippen LogP contribution in [0.5, 0.6) is 0 Å². The molecule has 2 rings (SSSR count). The van der Waals surface area contributed by atoms with Crippen LogP contribution in [0.4, 0.5) is 0 Å². The van der Waals surface area contributed by atoms with Crippen molar-refractivity contribution in [3.63, 3.8) is 0 Å². The van der Waals surface area contributed by atoms with Crippen molar-refractivity contribution < 1.29 is 9.90 Å². The van der Waals surface area contributed by atoms with Gasteiger partial charge in [-0.2, -0.15) is 0 Å². The van der Waals surface area contributed by atoms with Crippen LogP contribution in [-0.4, -0.2) is 21.0 Å². The van der Waals surface area contributed by atoms with Gasteiger partial charge in [0, 0.05) is 4.47 Å². The summed E-state index contributed by atoms with van der Waals surface area (Å²) in [6, 6.07) is 3.63. The van der Waals surface area contributed by atoms with Crippen molar-refractivity contribution in [1.82, 2.24) is 9.97 Å². The summed E-state index contributed by atoms with van der Waals surface area (Å²) in [5, 5.41) is 8.76. The molecule has 0 fully saturated rings. The van der Waals surface area contributed by atoms with Crippen LogP contribution in [0.15, 0.2) is 21.3 Å². The van der Waals surface area contributed by atoms with E-state index in [-0.39, 0.29) is 6.42 Å². The lowest BCUT2D eigenvalue weighted by atomic mass is 10.1. The van der Waals surface area contributed by atoms with Crippen molar-refractivity contribution in [2.75, 3.05) is 0 Å².